The third kappa shape index (κ3) is 5.81. The molecule has 0 heterocycles. The minimum Gasteiger partial charge on any atom is -0.271 e. The van der Waals surface area contributed by atoms with Crippen molar-refractivity contribution in [2.75, 3.05) is 10.8 Å². The molecule has 0 spiro atoms. The lowest BCUT2D eigenvalue weighted by atomic mass is 10.2. The second-order valence-electron chi connectivity index (χ2n) is 6.26. The van der Waals surface area contributed by atoms with Gasteiger partial charge in [-0.3, -0.25) is 9.10 Å². The van der Waals surface area contributed by atoms with Crippen LogP contribution in [0.3, 0.4) is 0 Å². The smallest absolute Gasteiger partial charge is 0.264 e. The second kappa shape index (κ2) is 9.91. The van der Waals surface area contributed by atoms with Gasteiger partial charge in [0.05, 0.1) is 16.8 Å². The van der Waals surface area contributed by atoms with Crippen LogP contribution < -0.4 is 9.73 Å². The number of hydrazone groups is 1. The first-order valence-electron chi connectivity index (χ1n) is 8.88. The van der Waals surface area contributed by atoms with Gasteiger partial charge < -0.3 is 0 Å². The van der Waals surface area contributed by atoms with E-state index in [1.165, 1.54) is 54.6 Å². The third-order valence-corrected chi connectivity index (χ3v) is 6.36. The summed E-state index contributed by atoms with van der Waals surface area (Å²) in [5.41, 5.74) is 2.57. The van der Waals surface area contributed by atoms with Crippen LogP contribution in [0.2, 0.25) is 10.0 Å². The molecule has 0 atom stereocenters. The van der Waals surface area contributed by atoms with E-state index in [9.17, 15) is 17.6 Å². The number of hydrogen-bond donors (Lipinski definition) is 1. The summed E-state index contributed by atoms with van der Waals surface area (Å²) in [6.45, 7) is -0.583. The predicted molar refractivity (Wildman–Crippen MR) is 120 cm³/mol. The lowest BCUT2D eigenvalue weighted by Gasteiger charge is -2.23. The molecule has 3 aromatic carbocycles. The fourth-order valence-corrected chi connectivity index (χ4v) is 4.32. The molecule has 0 radical (unpaired) electrons. The summed E-state index contributed by atoms with van der Waals surface area (Å²) in [5, 5.41) is 4.37. The minimum atomic E-state index is -4.12. The van der Waals surface area contributed by atoms with Crippen LogP contribution in [0.4, 0.5) is 10.1 Å². The van der Waals surface area contributed by atoms with Crippen LogP contribution in [-0.2, 0) is 14.8 Å². The van der Waals surface area contributed by atoms with E-state index in [-0.39, 0.29) is 16.1 Å². The van der Waals surface area contributed by atoms with Crippen molar-refractivity contribution < 1.29 is 17.6 Å². The molecule has 1 N–H and O–H groups in total. The topological polar surface area (TPSA) is 78.8 Å². The molecule has 3 aromatic rings. The lowest BCUT2D eigenvalue weighted by Crippen LogP contribution is -2.39. The maximum absolute atomic E-state index is 13.6. The molecular weight excluding hydrogens is 464 g/mol. The number of carbonyl (C=O) groups is 1. The Morgan fingerprint density at radius 3 is 2.39 bits per heavy atom. The number of benzene rings is 3. The summed E-state index contributed by atoms with van der Waals surface area (Å²) in [6, 6.07) is 17.5. The van der Waals surface area contributed by atoms with Crippen molar-refractivity contribution in [1.82, 2.24) is 5.43 Å². The van der Waals surface area contributed by atoms with Crippen LogP contribution >= 0.6 is 23.2 Å². The highest BCUT2D eigenvalue weighted by molar-refractivity contribution is 7.92. The molecule has 0 aliphatic rings. The Morgan fingerprint density at radius 1 is 1.00 bits per heavy atom. The summed E-state index contributed by atoms with van der Waals surface area (Å²) in [4.78, 5) is 12.4. The van der Waals surface area contributed by atoms with Gasteiger partial charge in [-0.05, 0) is 48.5 Å². The van der Waals surface area contributed by atoms with Crippen LogP contribution in [0.5, 0.6) is 0 Å². The van der Waals surface area contributed by atoms with Crippen LogP contribution in [0, 0.1) is 5.82 Å². The molecule has 6 nitrogen and oxygen atoms in total. The Bertz CT molecular complexity index is 1220. The van der Waals surface area contributed by atoms with E-state index in [4.69, 9.17) is 23.2 Å². The number of nitrogens with zero attached hydrogens (tertiary/aromatic N) is 2. The van der Waals surface area contributed by atoms with Crippen LogP contribution in [0.15, 0.2) is 82.8 Å². The van der Waals surface area contributed by atoms with Crippen molar-refractivity contribution in [2.45, 2.75) is 4.90 Å². The molecule has 0 unspecified atom stereocenters. The van der Waals surface area contributed by atoms with E-state index < -0.39 is 28.3 Å². The molecule has 0 aliphatic heterocycles. The Hall–Kier alpha value is -2.94. The molecule has 0 aromatic heterocycles. The van der Waals surface area contributed by atoms with E-state index in [0.717, 1.165) is 10.5 Å². The summed E-state index contributed by atoms with van der Waals surface area (Å²) in [5.74, 6) is -1.24. The first-order chi connectivity index (χ1) is 14.8. The molecular formula is C21H16Cl2FN3O3S. The molecule has 160 valence electrons. The maximum Gasteiger partial charge on any atom is 0.264 e. The fraction of sp³-hybridized carbons (Fsp3) is 0.0476. The highest BCUT2D eigenvalue weighted by Crippen LogP contribution is 2.26. The van der Waals surface area contributed by atoms with Crippen molar-refractivity contribution in [3.8, 4) is 0 Å². The zero-order valence-corrected chi connectivity index (χ0v) is 18.2. The molecule has 0 bridgehead atoms. The van der Waals surface area contributed by atoms with Crippen LogP contribution in [0.25, 0.3) is 0 Å². The number of anilines is 1. The van der Waals surface area contributed by atoms with E-state index >= 15 is 0 Å². The first-order valence-corrected chi connectivity index (χ1v) is 11.1. The van der Waals surface area contributed by atoms with Crippen molar-refractivity contribution in [3.05, 3.63) is 94.2 Å². The van der Waals surface area contributed by atoms with E-state index in [0.29, 0.717) is 10.0 Å². The van der Waals surface area contributed by atoms with Crippen LogP contribution in [0.1, 0.15) is 5.56 Å². The highest BCUT2D eigenvalue weighted by atomic mass is 35.5. The molecule has 1 amide bonds. The lowest BCUT2D eigenvalue weighted by molar-refractivity contribution is -0.119. The van der Waals surface area contributed by atoms with Crippen molar-refractivity contribution >= 4 is 51.0 Å². The van der Waals surface area contributed by atoms with Crippen molar-refractivity contribution in [1.29, 1.82) is 0 Å². The average molecular weight is 480 g/mol. The quantitative estimate of drug-likeness (QED) is 0.400. The zero-order valence-electron chi connectivity index (χ0n) is 15.9. The largest absolute Gasteiger partial charge is 0.271 e. The Balaban J connectivity index is 1.86. The Morgan fingerprint density at radius 2 is 1.71 bits per heavy atom. The van der Waals surface area contributed by atoms with Crippen LogP contribution in [-0.4, -0.2) is 27.1 Å². The molecule has 0 saturated carbocycles. The second-order valence-corrected chi connectivity index (χ2v) is 9.00. The monoisotopic (exact) mass is 479 g/mol. The number of halogens is 3. The zero-order chi connectivity index (χ0) is 22.4. The van der Waals surface area contributed by atoms with Gasteiger partial charge in [0.25, 0.3) is 15.9 Å². The number of carbonyl (C=O) groups excluding carboxylic acids is 1. The number of hydrogen-bond acceptors (Lipinski definition) is 4. The summed E-state index contributed by atoms with van der Waals surface area (Å²) in [6.07, 6.45) is 1.13. The molecule has 0 fully saturated rings. The van der Waals surface area contributed by atoms with Gasteiger partial charge in [-0.1, -0.05) is 47.5 Å². The highest BCUT2D eigenvalue weighted by Gasteiger charge is 2.27. The molecule has 0 saturated heterocycles. The molecule has 31 heavy (non-hydrogen) atoms. The Labute approximate surface area is 189 Å². The molecule has 0 aliphatic carbocycles. The molecule has 3 rings (SSSR count). The van der Waals surface area contributed by atoms with Gasteiger partial charge >= 0.3 is 0 Å². The number of rotatable bonds is 7. The maximum atomic E-state index is 13.6. The van der Waals surface area contributed by atoms with E-state index in [2.05, 4.69) is 10.5 Å². The SMILES string of the molecule is O=C(CN(c1cccc(Cl)c1)S(=O)(=O)c1ccc(Cl)cc1)N/N=C\c1ccccc1F. The normalized spacial score (nSPS) is 11.5. The van der Waals surface area contributed by atoms with Crippen molar-refractivity contribution in [3.63, 3.8) is 0 Å². The number of amides is 1. The van der Waals surface area contributed by atoms with Gasteiger partial charge in [0, 0.05) is 15.6 Å². The van der Waals surface area contributed by atoms with Gasteiger partial charge in [-0.2, -0.15) is 5.10 Å². The van der Waals surface area contributed by atoms with Gasteiger partial charge in [0.1, 0.15) is 12.4 Å². The number of nitrogens with one attached hydrogen (secondary N) is 1. The van der Waals surface area contributed by atoms with Gasteiger partial charge in [-0.15, -0.1) is 0 Å². The van der Waals surface area contributed by atoms with Gasteiger partial charge in [0.2, 0.25) is 0 Å². The standard InChI is InChI=1S/C21H16Cl2FN3O3S/c22-16-8-10-19(11-9-16)31(29,30)27(18-6-3-5-17(23)12-18)14-21(28)26-25-13-15-4-1-2-7-20(15)24/h1-13H,14H2,(H,26,28)/b25-13-. The summed E-state index contributed by atoms with van der Waals surface area (Å²) >= 11 is 11.9. The summed E-state index contributed by atoms with van der Waals surface area (Å²) in [7, 11) is -4.12. The summed E-state index contributed by atoms with van der Waals surface area (Å²) < 4.78 is 40.9. The Kier molecular flexibility index (Phi) is 7.27. The first kappa shape index (κ1) is 22.7. The average Bonchev–Trinajstić information content (AvgIpc) is 2.73. The van der Waals surface area contributed by atoms with Crippen molar-refractivity contribution in [2.24, 2.45) is 5.10 Å². The van der Waals surface area contributed by atoms with E-state index in [1.54, 1.807) is 18.2 Å². The van der Waals surface area contributed by atoms with Gasteiger partial charge in [-0.25, -0.2) is 18.2 Å². The predicted octanol–water partition coefficient (Wildman–Crippen LogP) is 4.48. The molecule has 10 heteroatoms. The third-order valence-electron chi connectivity index (χ3n) is 4.08. The number of sulfonamides is 1. The minimum absolute atomic E-state index is 0.0560. The van der Waals surface area contributed by atoms with Gasteiger partial charge in [0.15, 0.2) is 0 Å². The fourth-order valence-electron chi connectivity index (χ4n) is 2.60. The van der Waals surface area contributed by atoms with E-state index in [1.807, 2.05) is 0 Å².